The fourth-order valence-corrected chi connectivity index (χ4v) is 1.88. The second-order valence-corrected chi connectivity index (χ2v) is 4.82. The Morgan fingerprint density at radius 1 is 0.600 bits per heavy atom. The number of carboxylic acids is 4. The zero-order chi connectivity index (χ0) is 19.1. The molecule has 0 bridgehead atoms. The number of hydrogen-bond acceptors (Lipinski definition) is 4. The largest absolute Gasteiger partial charge is 0.478 e. The summed E-state index contributed by atoms with van der Waals surface area (Å²) in [6.45, 7) is 1.71. The summed E-state index contributed by atoms with van der Waals surface area (Å²) in [5.41, 5.74) is -0.0111. The van der Waals surface area contributed by atoms with Gasteiger partial charge in [-0.15, -0.1) is 0 Å². The lowest BCUT2D eigenvalue weighted by Crippen LogP contribution is -2.07. The van der Waals surface area contributed by atoms with E-state index in [4.69, 9.17) is 20.4 Å². The molecule has 0 radical (unpaired) electrons. The van der Waals surface area contributed by atoms with E-state index in [1.165, 1.54) is 36.4 Å². The highest BCUT2D eigenvalue weighted by Gasteiger charge is 2.15. The fourth-order valence-electron chi connectivity index (χ4n) is 1.88. The molecule has 130 valence electrons. The van der Waals surface area contributed by atoms with Gasteiger partial charge in [-0.2, -0.15) is 0 Å². The van der Waals surface area contributed by atoms with Crippen molar-refractivity contribution >= 4 is 23.9 Å². The van der Waals surface area contributed by atoms with Crippen LogP contribution in [0.15, 0.2) is 42.5 Å². The molecule has 0 spiro atoms. The molecule has 0 saturated carbocycles. The fraction of sp³-hybridized carbons (Fsp3) is 0.0588. The Hall–Kier alpha value is -3.68. The third-order valence-corrected chi connectivity index (χ3v) is 3.02. The van der Waals surface area contributed by atoms with Crippen molar-refractivity contribution in [3.05, 3.63) is 70.3 Å². The van der Waals surface area contributed by atoms with Crippen LogP contribution in [0.4, 0.5) is 0 Å². The van der Waals surface area contributed by atoms with Crippen LogP contribution in [-0.4, -0.2) is 44.3 Å². The zero-order valence-electron chi connectivity index (χ0n) is 13.0. The average molecular weight is 346 g/mol. The van der Waals surface area contributed by atoms with Crippen molar-refractivity contribution < 1.29 is 39.6 Å². The molecule has 0 saturated heterocycles. The van der Waals surface area contributed by atoms with Gasteiger partial charge in [0.05, 0.1) is 22.3 Å². The first-order chi connectivity index (χ1) is 11.6. The number of carbonyl (C=O) groups is 4. The predicted molar refractivity (Wildman–Crippen MR) is 85.5 cm³/mol. The van der Waals surface area contributed by atoms with Crippen molar-refractivity contribution in [1.82, 2.24) is 0 Å². The molecule has 0 amide bonds. The van der Waals surface area contributed by atoms with Crippen molar-refractivity contribution in [3.8, 4) is 0 Å². The van der Waals surface area contributed by atoms with Crippen molar-refractivity contribution in [1.29, 1.82) is 0 Å². The van der Waals surface area contributed by atoms with Crippen LogP contribution in [0.3, 0.4) is 0 Å². The van der Waals surface area contributed by atoms with Gasteiger partial charge < -0.3 is 20.4 Å². The Kier molecular flexibility index (Phi) is 6.39. The maximum atomic E-state index is 10.6. The van der Waals surface area contributed by atoms with Crippen LogP contribution in [0.1, 0.15) is 47.0 Å². The first kappa shape index (κ1) is 19.4. The highest BCUT2D eigenvalue weighted by Crippen LogP contribution is 2.11. The molecule has 0 aliphatic rings. The highest BCUT2D eigenvalue weighted by atomic mass is 16.4. The van der Waals surface area contributed by atoms with Crippen molar-refractivity contribution in [3.63, 3.8) is 0 Å². The van der Waals surface area contributed by atoms with Gasteiger partial charge in [0.15, 0.2) is 0 Å². The predicted octanol–water partition coefficient (Wildman–Crippen LogP) is 2.47. The number of rotatable bonds is 4. The van der Waals surface area contributed by atoms with Crippen molar-refractivity contribution in [2.75, 3.05) is 0 Å². The molecule has 25 heavy (non-hydrogen) atoms. The number of hydrogen-bond donors (Lipinski definition) is 4. The summed E-state index contributed by atoms with van der Waals surface area (Å²) in [5.74, 6) is -4.90. The van der Waals surface area contributed by atoms with Gasteiger partial charge in [0.25, 0.3) is 0 Å². The second-order valence-electron chi connectivity index (χ2n) is 4.82. The number of aromatic carboxylic acids is 4. The van der Waals surface area contributed by atoms with Crippen LogP contribution in [-0.2, 0) is 0 Å². The summed E-state index contributed by atoms with van der Waals surface area (Å²) >= 11 is 0. The van der Waals surface area contributed by atoms with Gasteiger partial charge in [-0.3, -0.25) is 0 Å². The second kappa shape index (κ2) is 8.25. The number of aryl methyl sites for hydroxylation is 1. The first-order valence-corrected chi connectivity index (χ1v) is 6.78. The summed E-state index contributed by atoms with van der Waals surface area (Å²) < 4.78 is 0. The topological polar surface area (TPSA) is 149 Å². The maximum absolute atomic E-state index is 10.6. The van der Waals surface area contributed by atoms with E-state index in [1.54, 1.807) is 13.0 Å². The molecule has 0 aromatic heterocycles. The van der Waals surface area contributed by atoms with Gasteiger partial charge in [-0.25, -0.2) is 19.2 Å². The summed E-state index contributed by atoms with van der Waals surface area (Å²) in [5, 5.41) is 34.4. The third kappa shape index (κ3) is 5.17. The van der Waals surface area contributed by atoms with Crippen molar-refractivity contribution in [2.45, 2.75) is 6.92 Å². The van der Waals surface area contributed by atoms with Crippen LogP contribution < -0.4 is 0 Å². The van der Waals surface area contributed by atoms with Crippen LogP contribution >= 0.6 is 0 Å². The van der Waals surface area contributed by atoms with Gasteiger partial charge in [-0.05, 0) is 31.2 Å². The lowest BCUT2D eigenvalue weighted by Gasteiger charge is -2.01. The molecule has 0 aliphatic carbocycles. The molecular weight excluding hydrogens is 332 g/mol. The molecule has 8 nitrogen and oxygen atoms in total. The van der Waals surface area contributed by atoms with Gasteiger partial charge in [0.2, 0.25) is 0 Å². The minimum Gasteiger partial charge on any atom is -0.478 e. The molecule has 0 fully saturated rings. The average Bonchev–Trinajstić information content (AvgIpc) is 2.54. The zero-order valence-corrected chi connectivity index (χ0v) is 13.0. The van der Waals surface area contributed by atoms with E-state index >= 15 is 0 Å². The van der Waals surface area contributed by atoms with Gasteiger partial charge >= 0.3 is 23.9 Å². The molecule has 4 N–H and O–H groups in total. The van der Waals surface area contributed by atoms with Gasteiger partial charge in [0, 0.05) is 0 Å². The van der Waals surface area contributed by atoms with Gasteiger partial charge in [-0.1, -0.05) is 23.8 Å². The van der Waals surface area contributed by atoms with Crippen LogP contribution in [0, 0.1) is 6.92 Å². The Balaban J connectivity index is 0.000000251. The van der Waals surface area contributed by atoms with Crippen LogP contribution in [0.25, 0.3) is 0 Å². The molecule has 8 heteroatoms. The maximum Gasteiger partial charge on any atom is 0.336 e. The van der Waals surface area contributed by atoms with E-state index in [2.05, 4.69) is 0 Å². The van der Waals surface area contributed by atoms with E-state index in [-0.39, 0.29) is 22.3 Å². The highest BCUT2D eigenvalue weighted by molar-refractivity contribution is 6.02. The lowest BCUT2D eigenvalue weighted by molar-refractivity contribution is 0.0651. The molecular formula is C17H14O8. The summed E-state index contributed by atoms with van der Waals surface area (Å²) in [6, 6.07) is 9.67. The molecule has 2 rings (SSSR count). The van der Waals surface area contributed by atoms with Crippen molar-refractivity contribution in [2.24, 2.45) is 0 Å². The molecule has 0 unspecified atom stereocenters. The SMILES string of the molecule is Cc1ccc(C(=O)O)c(C(=O)O)c1.O=C(O)c1ccccc1C(=O)O. The smallest absolute Gasteiger partial charge is 0.336 e. The molecule has 0 heterocycles. The van der Waals surface area contributed by atoms with Crippen LogP contribution in [0.5, 0.6) is 0 Å². The lowest BCUT2D eigenvalue weighted by atomic mass is 10.0. The summed E-state index contributed by atoms with van der Waals surface area (Å²) in [7, 11) is 0. The summed E-state index contributed by atoms with van der Waals surface area (Å²) in [4.78, 5) is 42.1. The molecule has 2 aromatic carbocycles. The molecule has 2 aromatic rings. The number of carboxylic acid groups (broad SMARTS) is 4. The van der Waals surface area contributed by atoms with E-state index in [0.29, 0.717) is 0 Å². The Morgan fingerprint density at radius 3 is 1.32 bits per heavy atom. The molecule has 0 atom stereocenters. The van der Waals surface area contributed by atoms with E-state index < -0.39 is 23.9 Å². The normalized spacial score (nSPS) is 9.48. The minimum absolute atomic E-state index is 0.174. The standard InChI is InChI=1S/C9H8O4.C8H6O4/c1-5-2-3-6(8(10)11)7(4-5)9(12)13;9-7(10)5-3-1-2-4-6(5)8(11)12/h2-4H,1H3,(H,10,11)(H,12,13);1-4H,(H,9,10)(H,11,12). The Bertz CT molecular complexity index is 805. The quantitative estimate of drug-likeness (QED) is 0.659. The minimum atomic E-state index is -1.23. The Morgan fingerprint density at radius 2 is 0.960 bits per heavy atom. The Labute approximate surface area is 141 Å². The van der Waals surface area contributed by atoms with Crippen LogP contribution in [0.2, 0.25) is 0 Å². The van der Waals surface area contributed by atoms with E-state index in [9.17, 15) is 19.2 Å². The third-order valence-electron chi connectivity index (χ3n) is 3.02. The van der Waals surface area contributed by atoms with E-state index in [0.717, 1.165) is 5.56 Å². The molecule has 0 aliphatic heterocycles. The number of benzene rings is 2. The first-order valence-electron chi connectivity index (χ1n) is 6.78. The monoisotopic (exact) mass is 346 g/mol. The van der Waals surface area contributed by atoms with Gasteiger partial charge in [0.1, 0.15) is 0 Å². The summed E-state index contributed by atoms with van der Waals surface area (Å²) in [6.07, 6.45) is 0. The van der Waals surface area contributed by atoms with E-state index in [1.807, 2.05) is 0 Å².